The maximum atomic E-state index is 7.06. The van der Waals surface area contributed by atoms with E-state index in [9.17, 15) is 0 Å². The molecule has 1 aliphatic heterocycles. The van der Waals surface area contributed by atoms with E-state index in [1.807, 2.05) is 0 Å². The molecule has 0 aromatic carbocycles. The van der Waals surface area contributed by atoms with E-state index in [2.05, 4.69) is 6.92 Å². The predicted octanol–water partition coefficient (Wildman–Crippen LogP) is 1.18. The summed E-state index contributed by atoms with van der Waals surface area (Å²) in [7, 11) is 0. The number of hydrogen-bond donors (Lipinski definition) is 1. The van der Waals surface area contributed by atoms with Crippen LogP contribution in [0.2, 0.25) is 0 Å². The van der Waals surface area contributed by atoms with Crippen LogP contribution in [0.5, 0.6) is 0 Å². The molecule has 0 spiro atoms. The Bertz CT molecular complexity index is 136. The van der Waals surface area contributed by atoms with Gasteiger partial charge in [-0.1, -0.05) is 6.92 Å². The summed E-state index contributed by atoms with van der Waals surface area (Å²) in [6.07, 6.45) is 1.27. The Labute approximate surface area is 60.8 Å². The maximum Gasteiger partial charge on any atom is 0.184 e. The molecule has 0 amide bonds. The lowest BCUT2D eigenvalue weighted by molar-refractivity contribution is 0.0757. The standard InChI is InChI=1S/C7H13NO2/c1-3-6-7(10-6)9-4-5(2)8/h6-8H,3-4H2,1-2H3. The molecule has 1 heterocycles. The molecular weight excluding hydrogens is 130 g/mol. The van der Waals surface area contributed by atoms with Crippen LogP contribution in [0.25, 0.3) is 0 Å². The minimum Gasteiger partial charge on any atom is -0.344 e. The third-order valence-corrected chi connectivity index (χ3v) is 1.40. The van der Waals surface area contributed by atoms with Crippen LogP contribution < -0.4 is 0 Å². The average molecular weight is 143 g/mol. The highest BCUT2D eigenvalue weighted by atomic mass is 16.8. The van der Waals surface area contributed by atoms with Crippen LogP contribution >= 0.6 is 0 Å². The molecule has 3 heteroatoms. The Morgan fingerprint density at radius 3 is 2.80 bits per heavy atom. The fraction of sp³-hybridized carbons (Fsp3) is 0.857. The van der Waals surface area contributed by atoms with Gasteiger partial charge >= 0.3 is 0 Å². The van der Waals surface area contributed by atoms with Gasteiger partial charge in [0.05, 0.1) is 6.61 Å². The van der Waals surface area contributed by atoms with Crippen molar-refractivity contribution in [3.63, 3.8) is 0 Å². The van der Waals surface area contributed by atoms with Gasteiger partial charge in [0.15, 0.2) is 6.29 Å². The van der Waals surface area contributed by atoms with E-state index in [-0.39, 0.29) is 6.29 Å². The summed E-state index contributed by atoms with van der Waals surface area (Å²) in [5, 5.41) is 7.06. The Morgan fingerprint density at radius 2 is 2.40 bits per heavy atom. The summed E-state index contributed by atoms with van der Waals surface area (Å²) in [6, 6.07) is 0. The minimum atomic E-state index is -0.0229. The van der Waals surface area contributed by atoms with Crippen LogP contribution in [0.1, 0.15) is 20.3 Å². The van der Waals surface area contributed by atoms with E-state index < -0.39 is 0 Å². The number of hydrogen-bond acceptors (Lipinski definition) is 3. The van der Waals surface area contributed by atoms with Crippen LogP contribution in [0.3, 0.4) is 0 Å². The zero-order valence-corrected chi connectivity index (χ0v) is 6.39. The second-order valence-electron chi connectivity index (χ2n) is 2.54. The van der Waals surface area contributed by atoms with Crippen LogP contribution in [-0.2, 0) is 9.47 Å². The molecule has 1 saturated heterocycles. The zero-order valence-electron chi connectivity index (χ0n) is 6.39. The smallest absolute Gasteiger partial charge is 0.184 e. The summed E-state index contributed by atoms with van der Waals surface area (Å²) >= 11 is 0. The minimum absolute atomic E-state index is 0.0229. The Balaban J connectivity index is 2.01. The van der Waals surface area contributed by atoms with Crippen molar-refractivity contribution in [1.82, 2.24) is 0 Å². The second kappa shape index (κ2) is 3.12. The van der Waals surface area contributed by atoms with E-state index in [1.54, 1.807) is 6.92 Å². The molecule has 58 valence electrons. The van der Waals surface area contributed by atoms with Gasteiger partial charge in [-0.3, -0.25) is 0 Å². The van der Waals surface area contributed by atoms with Crippen LogP contribution in [0, 0.1) is 5.41 Å². The van der Waals surface area contributed by atoms with Crippen molar-refractivity contribution in [2.45, 2.75) is 32.7 Å². The molecule has 2 atom stereocenters. The molecule has 0 saturated carbocycles. The second-order valence-corrected chi connectivity index (χ2v) is 2.54. The van der Waals surface area contributed by atoms with Crippen molar-refractivity contribution in [2.75, 3.05) is 6.61 Å². The first-order chi connectivity index (χ1) is 4.74. The van der Waals surface area contributed by atoms with E-state index in [0.717, 1.165) is 6.42 Å². The predicted molar refractivity (Wildman–Crippen MR) is 38.3 cm³/mol. The summed E-state index contributed by atoms with van der Waals surface area (Å²) in [5.41, 5.74) is 0.547. The topological polar surface area (TPSA) is 45.6 Å². The average Bonchev–Trinajstić information content (AvgIpc) is 2.61. The zero-order chi connectivity index (χ0) is 7.56. The number of ether oxygens (including phenoxy) is 2. The third-order valence-electron chi connectivity index (χ3n) is 1.40. The van der Waals surface area contributed by atoms with Crippen LogP contribution in [0.15, 0.2) is 0 Å². The van der Waals surface area contributed by atoms with Gasteiger partial charge in [0.1, 0.15) is 6.10 Å². The van der Waals surface area contributed by atoms with Crippen molar-refractivity contribution in [3.8, 4) is 0 Å². The van der Waals surface area contributed by atoms with Gasteiger partial charge in [-0.05, 0) is 13.3 Å². The van der Waals surface area contributed by atoms with Gasteiger partial charge in [-0.15, -0.1) is 0 Å². The maximum absolute atomic E-state index is 7.06. The number of epoxide rings is 1. The Morgan fingerprint density at radius 1 is 1.70 bits per heavy atom. The van der Waals surface area contributed by atoms with E-state index in [4.69, 9.17) is 14.9 Å². The molecule has 1 N–H and O–H groups in total. The fourth-order valence-corrected chi connectivity index (χ4v) is 0.769. The lowest BCUT2D eigenvalue weighted by atomic mass is 10.3. The van der Waals surface area contributed by atoms with E-state index >= 15 is 0 Å². The van der Waals surface area contributed by atoms with Crippen molar-refractivity contribution >= 4 is 5.71 Å². The van der Waals surface area contributed by atoms with Gasteiger partial charge in [0, 0.05) is 5.71 Å². The number of rotatable bonds is 4. The van der Waals surface area contributed by atoms with Gasteiger partial charge in [0.2, 0.25) is 0 Å². The highest BCUT2D eigenvalue weighted by Gasteiger charge is 2.37. The molecule has 2 unspecified atom stereocenters. The Kier molecular flexibility index (Phi) is 2.40. The largest absolute Gasteiger partial charge is 0.344 e. The van der Waals surface area contributed by atoms with Crippen molar-refractivity contribution in [2.24, 2.45) is 0 Å². The van der Waals surface area contributed by atoms with E-state index in [1.165, 1.54) is 0 Å². The molecule has 0 radical (unpaired) electrons. The van der Waals surface area contributed by atoms with Crippen molar-refractivity contribution in [1.29, 1.82) is 5.41 Å². The first kappa shape index (κ1) is 7.69. The normalized spacial score (nSPS) is 30.2. The summed E-state index contributed by atoms with van der Waals surface area (Å²) in [4.78, 5) is 0. The molecule has 1 fully saturated rings. The van der Waals surface area contributed by atoms with Crippen molar-refractivity contribution in [3.05, 3.63) is 0 Å². The molecule has 1 rings (SSSR count). The monoisotopic (exact) mass is 143 g/mol. The molecule has 10 heavy (non-hydrogen) atoms. The SMILES string of the molecule is CCC1OC1OCC(C)=N. The van der Waals surface area contributed by atoms with Gasteiger partial charge in [-0.25, -0.2) is 0 Å². The molecule has 1 aliphatic rings. The quantitative estimate of drug-likeness (QED) is 0.474. The van der Waals surface area contributed by atoms with Crippen molar-refractivity contribution < 1.29 is 9.47 Å². The fourth-order valence-electron chi connectivity index (χ4n) is 0.769. The molecule has 3 nitrogen and oxygen atoms in total. The summed E-state index contributed by atoms with van der Waals surface area (Å²) < 4.78 is 10.3. The molecule has 0 aromatic heterocycles. The molecule has 0 bridgehead atoms. The summed E-state index contributed by atoms with van der Waals surface area (Å²) in [5.74, 6) is 0. The third kappa shape index (κ3) is 2.08. The highest BCUT2D eigenvalue weighted by molar-refractivity contribution is 5.79. The molecule has 0 aliphatic carbocycles. The van der Waals surface area contributed by atoms with Crippen LogP contribution in [0.4, 0.5) is 0 Å². The Hall–Kier alpha value is -0.410. The first-order valence-corrected chi connectivity index (χ1v) is 3.55. The molecule has 0 aromatic rings. The van der Waals surface area contributed by atoms with Gasteiger partial charge in [-0.2, -0.15) is 0 Å². The highest BCUT2D eigenvalue weighted by Crippen LogP contribution is 2.25. The van der Waals surface area contributed by atoms with Gasteiger partial charge < -0.3 is 14.9 Å². The van der Waals surface area contributed by atoms with Gasteiger partial charge in [0.25, 0.3) is 0 Å². The number of nitrogens with one attached hydrogen (secondary N) is 1. The lowest BCUT2D eigenvalue weighted by Crippen LogP contribution is -2.07. The van der Waals surface area contributed by atoms with Crippen LogP contribution in [-0.4, -0.2) is 24.7 Å². The first-order valence-electron chi connectivity index (χ1n) is 3.55. The van der Waals surface area contributed by atoms with E-state index in [0.29, 0.717) is 18.4 Å². The summed E-state index contributed by atoms with van der Waals surface area (Å²) in [6.45, 7) is 4.19. The lowest BCUT2D eigenvalue weighted by Gasteiger charge is -1.95. The molecular formula is C7H13NO2.